The first-order valence-corrected chi connectivity index (χ1v) is 7.63. The summed E-state index contributed by atoms with van der Waals surface area (Å²) in [4.78, 5) is 23.8. The van der Waals surface area contributed by atoms with E-state index in [0.717, 1.165) is 11.1 Å². The van der Waals surface area contributed by atoms with Crippen molar-refractivity contribution < 1.29 is 0 Å². The number of aromatic amines is 1. The number of aromatic nitrogens is 5. The van der Waals surface area contributed by atoms with Gasteiger partial charge in [-0.25, -0.2) is 4.98 Å². The summed E-state index contributed by atoms with van der Waals surface area (Å²) in [6.07, 6.45) is 6.65. The Morgan fingerprint density at radius 2 is 2.08 bits per heavy atom. The number of hydrogen-bond acceptors (Lipinski definition) is 4. The molecule has 0 radical (unpaired) electrons. The van der Waals surface area contributed by atoms with Gasteiger partial charge >= 0.3 is 0 Å². The fraction of sp³-hybridized carbons (Fsp3) is 0.0588. The Kier molecular flexibility index (Phi) is 3.39. The average Bonchev–Trinajstić information content (AvgIpc) is 3.01. The fourth-order valence-electron chi connectivity index (χ4n) is 2.63. The molecule has 0 saturated heterocycles. The van der Waals surface area contributed by atoms with E-state index in [9.17, 15) is 4.79 Å². The zero-order valence-corrected chi connectivity index (χ0v) is 13.4. The Balaban J connectivity index is 2.11. The molecule has 118 valence electrons. The Hall–Kier alpha value is -2.99. The Bertz CT molecular complexity index is 1120. The number of aryl methyl sites for hydroxylation is 1. The summed E-state index contributed by atoms with van der Waals surface area (Å²) in [7, 11) is 1.84. The molecule has 0 spiro atoms. The molecule has 0 unspecified atom stereocenters. The van der Waals surface area contributed by atoms with Gasteiger partial charge in [0.25, 0.3) is 0 Å². The van der Waals surface area contributed by atoms with Crippen LogP contribution < -0.4 is 5.43 Å². The summed E-state index contributed by atoms with van der Waals surface area (Å²) >= 11 is 6.31. The predicted octanol–water partition coefficient (Wildman–Crippen LogP) is 3.04. The van der Waals surface area contributed by atoms with Crippen LogP contribution in [0.4, 0.5) is 0 Å². The second-order valence-electron chi connectivity index (χ2n) is 5.35. The third-order valence-electron chi connectivity index (χ3n) is 3.76. The zero-order chi connectivity index (χ0) is 16.7. The predicted molar refractivity (Wildman–Crippen MR) is 92.8 cm³/mol. The lowest BCUT2D eigenvalue weighted by molar-refractivity contribution is 0.770. The molecular weight excluding hydrogens is 326 g/mol. The van der Waals surface area contributed by atoms with Crippen LogP contribution in [0.25, 0.3) is 33.5 Å². The number of hydrogen-bond donors (Lipinski definition) is 1. The van der Waals surface area contributed by atoms with Crippen LogP contribution in [0.3, 0.4) is 0 Å². The molecule has 7 heteroatoms. The summed E-state index contributed by atoms with van der Waals surface area (Å²) < 4.78 is 1.70. The van der Waals surface area contributed by atoms with Gasteiger partial charge in [-0.2, -0.15) is 5.10 Å². The first-order chi connectivity index (χ1) is 11.6. The van der Waals surface area contributed by atoms with E-state index in [4.69, 9.17) is 11.6 Å². The van der Waals surface area contributed by atoms with Crippen molar-refractivity contribution in [3.63, 3.8) is 0 Å². The third-order valence-corrected chi connectivity index (χ3v) is 4.06. The Morgan fingerprint density at radius 1 is 1.21 bits per heavy atom. The van der Waals surface area contributed by atoms with Gasteiger partial charge in [0.05, 0.1) is 10.4 Å². The minimum absolute atomic E-state index is 0.102. The highest BCUT2D eigenvalue weighted by Crippen LogP contribution is 2.34. The van der Waals surface area contributed by atoms with Crippen LogP contribution >= 0.6 is 11.6 Å². The van der Waals surface area contributed by atoms with Crippen LogP contribution in [0.1, 0.15) is 0 Å². The molecule has 0 aliphatic rings. The monoisotopic (exact) mass is 337 g/mol. The van der Waals surface area contributed by atoms with Gasteiger partial charge in [0.2, 0.25) is 0 Å². The van der Waals surface area contributed by atoms with Crippen molar-refractivity contribution >= 4 is 22.6 Å². The SMILES string of the molecule is Cn1ccc(-c2nc3[nH]ccc(=O)c3cc2-c2ccncc2Cl)n1. The number of H-pyrrole nitrogens is 1. The maximum atomic E-state index is 12.2. The lowest BCUT2D eigenvalue weighted by Gasteiger charge is -2.10. The first kappa shape index (κ1) is 14.6. The number of nitrogens with zero attached hydrogens (tertiary/aromatic N) is 4. The van der Waals surface area contributed by atoms with Crippen LogP contribution in [0, 0.1) is 0 Å². The summed E-state index contributed by atoms with van der Waals surface area (Å²) in [6.45, 7) is 0. The molecule has 0 atom stereocenters. The topological polar surface area (TPSA) is 76.5 Å². The van der Waals surface area contributed by atoms with Gasteiger partial charge in [-0.1, -0.05) is 11.6 Å². The van der Waals surface area contributed by atoms with Crippen molar-refractivity contribution in [3.05, 3.63) is 64.3 Å². The fourth-order valence-corrected chi connectivity index (χ4v) is 2.85. The van der Waals surface area contributed by atoms with Crippen molar-refractivity contribution in [1.82, 2.24) is 24.7 Å². The van der Waals surface area contributed by atoms with E-state index < -0.39 is 0 Å². The van der Waals surface area contributed by atoms with Gasteiger partial charge in [-0.05, 0) is 18.2 Å². The van der Waals surface area contributed by atoms with Crippen LogP contribution in [0.2, 0.25) is 5.02 Å². The second kappa shape index (κ2) is 5.58. The number of pyridine rings is 3. The van der Waals surface area contributed by atoms with E-state index in [2.05, 4.69) is 20.1 Å². The molecule has 0 saturated carbocycles. The molecule has 0 aromatic carbocycles. The van der Waals surface area contributed by atoms with Crippen molar-refractivity contribution in [3.8, 4) is 22.5 Å². The molecule has 0 aliphatic heterocycles. The van der Waals surface area contributed by atoms with Gasteiger partial charge in [-0.15, -0.1) is 0 Å². The first-order valence-electron chi connectivity index (χ1n) is 7.26. The highest BCUT2D eigenvalue weighted by atomic mass is 35.5. The number of rotatable bonds is 2. The highest BCUT2D eigenvalue weighted by molar-refractivity contribution is 6.33. The standard InChI is InChI=1S/C17H12ClN5O/c1-23-7-4-14(22-23)16-11(10-2-5-19-9-13(10)18)8-12-15(24)3-6-20-17(12)21-16/h2-9H,1H3,(H,20,21,24). The molecule has 0 aliphatic carbocycles. The van der Waals surface area contributed by atoms with Crippen LogP contribution in [-0.2, 0) is 7.05 Å². The number of nitrogens with one attached hydrogen (secondary N) is 1. The van der Waals surface area contributed by atoms with E-state index in [0.29, 0.717) is 27.4 Å². The second-order valence-corrected chi connectivity index (χ2v) is 5.76. The molecule has 4 rings (SSSR count). The van der Waals surface area contributed by atoms with E-state index in [1.165, 1.54) is 6.07 Å². The highest BCUT2D eigenvalue weighted by Gasteiger charge is 2.16. The normalized spacial score (nSPS) is 11.1. The average molecular weight is 338 g/mol. The molecule has 6 nitrogen and oxygen atoms in total. The maximum absolute atomic E-state index is 12.2. The van der Waals surface area contributed by atoms with Gasteiger partial charge in [0, 0.05) is 49.0 Å². The lowest BCUT2D eigenvalue weighted by Crippen LogP contribution is -2.04. The van der Waals surface area contributed by atoms with E-state index in [1.807, 2.05) is 19.3 Å². The Morgan fingerprint density at radius 3 is 2.83 bits per heavy atom. The zero-order valence-electron chi connectivity index (χ0n) is 12.7. The van der Waals surface area contributed by atoms with Gasteiger partial charge < -0.3 is 4.98 Å². The smallest absolute Gasteiger partial charge is 0.191 e. The van der Waals surface area contributed by atoms with Gasteiger partial charge in [0.1, 0.15) is 17.0 Å². The molecule has 4 heterocycles. The minimum Gasteiger partial charge on any atom is -0.346 e. The summed E-state index contributed by atoms with van der Waals surface area (Å²) in [5, 5.41) is 5.42. The summed E-state index contributed by atoms with van der Waals surface area (Å²) in [5.41, 5.74) is 3.26. The maximum Gasteiger partial charge on any atom is 0.191 e. The van der Waals surface area contributed by atoms with Crippen molar-refractivity contribution in [1.29, 1.82) is 0 Å². The van der Waals surface area contributed by atoms with Crippen LogP contribution in [-0.4, -0.2) is 24.7 Å². The summed E-state index contributed by atoms with van der Waals surface area (Å²) in [6, 6.07) is 6.94. The largest absolute Gasteiger partial charge is 0.346 e. The molecule has 1 N–H and O–H groups in total. The molecule has 0 fully saturated rings. The molecule has 4 aromatic heterocycles. The molecule has 0 amide bonds. The van der Waals surface area contributed by atoms with E-state index >= 15 is 0 Å². The van der Waals surface area contributed by atoms with E-state index in [-0.39, 0.29) is 5.43 Å². The van der Waals surface area contributed by atoms with Crippen LogP contribution in [0.5, 0.6) is 0 Å². The lowest BCUT2D eigenvalue weighted by atomic mass is 10.0. The third kappa shape index (κ3) is 2.37. The molecular formula is C17H12ClN5O. The molecule has 0 bridgehead atoms. The van der Waals surface area contributed by atoms with Gasteiger partial charge in [0.15, 0.2) is 5.43 Å². The van der Waals surface area contributed by atoms with Crippen molar-refractivity contribution in [2.75, 3.05) is 0 Å². The van der Waals surface area contributed by atoms with Crippen LogP contribution in [0.15, 0.2) is 53.8 Å². The number of halogens is 1. The van der Waals surface area contributed by atoms with Gasteiger partial charge in [-0.3, -0.25) is 14.5 Å². The van der Waals surface area contributed by atoms with Crippen molar-refractivity contribution in [2.24, 2.45) is 7.05 Å². The quantitative estimate of drug-likeness (QED) is 0.610. The minimum atomic E-state index is -0.102. The molecule has 4 aromatic rings. The number of fused-ring (bicyclic) bond motifs is 1. The van der Waals surface area contributed by atoms with E-state index in [1.54, 1.807) is 35.4 Å². The Labute approximate surface area is 141 Å². The summed E-state index contributed by atoms with van der Waals surface area (Å²) in [5.74, 6) is 0. The molecule has 24 heavy (non-hydrogen) atoms. The van der Waals surface area contributed by atoms with Crippen molar-refractivity contribution in [2.45, 2.75) is 0 Å².